The summed E-state index contributed by atoms with van der Waals surface area (Å²) in [5.41, 5.74) is 10.2. The minimum atomic E-state index is -1.10. The molecule has 3 rings (SSSR count). The number of nitrogens with one attached hydrogen (secondary N) is 1. The van der Waals surface area contributed by atoms with Gasteiger partial charge in [-0.2, -0.15) is 0 Å². The second-order valence-corrected chi connectivity index (χ2v) is 5.12. The lowest BCUT2D eigenvalue weighted by atomic mass is 10.2. The molecule has 11 nitrogen and oxygen atoms in total. The summed E-state index contributed by atoms with van der Waals surface area (Å²) in [5.74, 6) is -1.10. The number of halogens is 2. The Kier molecular flexibility index (Phi) is 9.98. The molecule has 0 aliphatic heterocycles. The topological polar surface area (TPSA) is 218 Å². The van der Waals surface area contributed by atoms with E-state index in [-0.39, 0.29) is 27.4 Å². The fourth-order valence-electron chi connectivity index (χ4n) is 1.57. The van der Waals surface area contributed by atoms with E-state index in [1.54, 1.807) is 0 Å². The Labute approximate surface area is 161 Å². The van der Waals surface area contributed by atoms with Crippen molar-refractivity contribution in [2.45, 2.75) is 0 Å². The van der Waals surface area contributed by atoms with Gasteiger partial charge in [0.2, 0.25) is 6.34 Å². The number of H-pyrrole nitrogens is 1. The Morgan fingerprint density at radius 3 is 2.30 bits per heavy atom. The molecule has 0 aromatic carbocycles. The highest BCUT2D eigenvalue weighted by Gasteiger charge is 2.07. The van der Waals surface area contributed by atoms with E-state index < -0.39 is 5.97 Å². The molecule has 27 heavy (non-hydrogen) atoms. The molecule has 144 valence electrons. The van der Waals surface area contributed by atoms with Crippen molar-refractivity contribution in [1.29, 1.82) is 0 Å². The van der Waals surface area contributed by atoms with E-state index in [0.717, 1.165) is 6.34 Å². The minimum Gasteiger partial charge on any atom is -0.478 e. The Morgan fingerprint density at radius 2 is 1.74 bits per heavy atom. The first-order valence-corrected chi connectivity index (χ1v) is 7.44. The molecule has 0 saturated heterocycles. The van der Waals surface area contributed by atoms with E-state index in [1.807, 2.05) is 0 Å². The SMILES string of the molecule is NC=[NH2+].Nc1cnc(Cl)cc1C(=O)O.O.O=c1[nH]cnc2cnc(Cl)cc12. The number of anilines is 1. The summed E-state index contributed by atoms with van der Waals surface area (Å²) in [6.45, 7) is 0. The Hall–Kier alpha value is -3.28. The number of aromatic carboxylic acids is 1. The van der Waals surface area contributed by atoms with E-state index in [1.165, 1.54) is 30.9 Å². The number of nitrogens with two attached hydrogens (primary N) is 3. The molecule has 0 fully saturated rings. The van der Waals surface area contributed by atoms with Crippen molar-refractivity contribution < 1.29 is 20.8 Å². The number of hydrogen-bond acceptors (Lipinski definition) is 6. The van der Waals surface area contributed by atoms with Gasteiger partial charge in [-0.15, -0.1) is 0 Å². The minimum absolute atomic E-state index is 0. The van der Waals surface area contributed by atoms with E-state index in [9.17, 15) is 9.59 Å². The lowest BCUT2D eigenvalue weighted by molar-refractivity contribution is -0.106. The lowest BCUT2D eigenvalue weighted by Gasteiger charge is -1.98. The predicted molar refractivity (Wildman–Crippen MR) is 102 cm³/mol. The molecule has 0 atom stereocenters. The van der Waals surface area contributed by atoms with Crippen molar-refractivity contribution in [3.8, 4) is 0 Å². The third kappa shape index (κ3) is 7.23. The smallest absolute Gasteiger partial charge is 0.337 e. The van der Waals surface area contributed by atoms with Gasteiger partial charge in [-0.25, -0.2) is 19.7 Å². The molecular weight excluding hydrogens is 401 g/mol. The van der Waals surface area contributed by atoms with Crippen LogP contribution in [0.3, 0.4) is 0 Å². The van der Waals surface area contributed by atoms with Crippen LogP contribution >= 0.6 is 23.2 Å². The maximum atomic E-state index is 11.1. The molecule has 10 N–H and O–H groups in total. The third-order valence-electron chi connectivity index (χ3n) is 2.63. The van der Waals surface area contributed by atoms with Crippen molar-refractivity contribution in [1.82, 2.24) is 19.9 Å². The van der Waals surface area contributed by atoms with Gasteiger partial charge in [-0.05, 0) is 12.1 Å². The van der Waals surface area contributed by atoms with Crippen molar-refractivity contribution in [2.75, 3.05) is 5.73 Å². The van der Waals surface area contributed by atoms with Gasteiger partial charge in [0.1, 0.15) is 10.3 Å². The third-order valence-corrected chi connectivity index (χ3v) is 3.04. The van der Waals surface area contributed by atoms with Crippen molar-refractivity contribution in [2.24, 2.45) is 5.73 Å². The van der Waals surface area contributed by atoms with Crippen LogP contribution in [0.2, 0.25) is 10.3 Å². The summed E-state index contributed by atoms with van der Waals surface area (Å²) >= 11 is 11.0. The largest absolute Gasteiger partial charge is 0.478 e. The van der Waals surface area contributed by atoms with Gasteiger partial charge in [0.25, 0.3) is 5.56 Å². The standard InChI is InChI=1S/C7H4ClN3O.C6H5ClN2O2.CH4N2.H2O/c8-6-1-4-5(2-9-6)10-3-11-7(4)12;7-5-1-3(6(10)11)4(8)2-9-5;2-1-3;/h1-3H,(H,10,11,12);1-2H,8H2,(H,10,11);1H,(H3,2,3);1H2/p+1. The number of carboxylic acid groups (broad SMARTS) is 1. The number of hydrogen-bond donors (Lipinski definition) is 5. The molecule has 3 heterocycles. The van der Waals surface area contributed by atoms with E-state index in [2.05, 4.69) is 31.1 Å². The number of rotatable bonds is 1. The van der Waals surface area contributed by atoms with Crippen molar-refractivity contribution in [3.63, 3.8) is 0 Å². The number of carboxylic acids is 1. The Morgan fingerprint density at radius 1 is 1.19 bits per heavy atom. The van der Waals surface area contributed by atoms with Crippen LogP contribution in [-0.2, 0) is 0 Å². The van der Waals surface area contributed by atoms with Gasteiger partial charge < -0.3 is 21.3 Å². The second-order valence-electron chi connectivity index (χ2n) is 4.35. The van der Waals surface area contributed by atoms with Crippen LogP contribution in [0.5, 0.6) is 0 Å². The molecule has 3 aromatic heterocycles. The van der Waals surface area contributed by atoms with Crippen LogP contribution < -0.4 is 22.4 Å². The number of aromatic nitrogens is 4. The van der Waals surface area contributed by atoms with Crippen LogP contribution in [-0.4, -0.2) is 42.8 Å². The van der Waals surface area contributed by atoms with Crippen LogP contribution in [0.15, 0.2) is 35.6 Å². The molecular formula is C14H16Cl2N7O4+. The number of fused-ring (bicyclic) bond motifs is 1. The highest BCUT2D eigenvalue weighted by atomic mass is 35.5. The highest BCUT2D eigenvalue weighted by molar-refractivity contribution is 6.30. The van der Waals surface area contributed by atoms with Crippen LogP contribution in [0.1, 0.15) is 10.4 Å². The van der Waals surface area contributed by atoms with Gasteiger partial charge in [0, 0.05) is 0 Å². The summed E-state index contributed by atoms with van der Waals surface area (Å²) in [6, 6.07) is 2.70. The Bertz CT molecular complexity index is 981. The number of nitrogens with zero attached hydrogens (tertiary/aromatic N) is 3. The molecule has 0 aliphatic carbocycles. The maximum absolute atomic E-state index is 11.1. The number of carbonyl (C=O) groups is 1. The first-order chi connectivity index (χ1) is 12.3. The molecule has 0 radical (unpaired) electrons. The number of nitrogen functional groups attached to an aromatic ring is 1. The van der Waals surface area contributed by atoms with Gasteiger partial charge in [-0.1, -0.05) is 23.2 Å². The normalized spacial score (nSPS) is 8.96. The zero-order valence-corrected chi connectivity index (χ0v) is 15.1. The predicted octanol–water partition coefficient (Wildman–Crippen LogP) is -1.11. The van der Waals surface area contributed by atoms with Crippen LogP contribution in [0, 0.1) is 0 Å². The summed E-state index contributed by atoms with van der Waals surface area (Å²) in [7, 11) is 0. The molecule has 13 heteroatoms. The van der Waals surface area contributed by atoms with Crippen molar-refractivity contribution in [3.05, 3.63) is 57.1 Å². The zero-order valence-electron chi connectivity index (χ0n) is 13.6. The molecule has 0 saturated carbocycles. The number of pyridine rings is 2. The summed E-state index contributed by atoms with van der Waals surface area (Å²) in [4.78, 5) is 35.3. The summed E-state index contributed by atoms with van der Waals surface area (Å²) in [6.07, 6.45) is 5.01. The van der Waals surface area contributed by atoms with E-state index in [0.29, 0.717) is 16.1 Å². The molecule has 0 unspecified atom stereocenters. The fourth-order valence-corrected chi connectivity index (χ4v) is 1.89. The zero-order chi connectivity index (χ0) is 19.7. The molecule has 3 aromatic rings. The molecule has 0 spiro atoms. The van der Waals surface area contributed by atoms with Gasteiger partial charge in [0.15, 0.2) is 0 Å². The highest BCUT2D eigenvalue weighted by Crippen LogP contribution is 2.14. The average Bonchev–Trinajstić information content (AvgIpc) is 2.59. The second kappa shape index (κ2) is 11.4. The molecule has 0 bridgehead atoms. The average molecular weight is 417 g/mol. The van der Waals surface area contributed by atoms with E-state index in [4.69, 9.17) is 34.0 Å². The van der Waals surface area contributed by atoms with E-state index >= 15 is 0 Å². The van der Waals surface area contributed by atoms with Gasteiger partial charge in [0.05, 0.1) is 40.9 Å². The molecule has 0 aliphatic rings. The first kappa shape index (κ1) is 23.7. The summed E-state index contributed by atoms with van der Waals surface area (Å²) < 4.78 is 0. The van der Waals surface area contributed by atoms with Gasteiger partial charge in [-0.3, -0.25) is 15.9 Å². The van der Waals surface area contributed by atoms with Crippen LogP contribution in [0.4, 0.5) is 5.69 Å². The summed E-state index contributed by atoms with van der Waals surface area (Å²) in [5, 5.41) is 13.9. The van der Waals surface area contributed by atoms with Gasteiger partial charge >= 0.3 is 5.97 Å². The lowest BCUT2D eigenvalue weighted by Crippen LogP contribution is -2.33. The monoisotopic (exact) mass is 416 g/mol. The fraction of sp³-hybridized carbons (Fsp3) is 0. The Balaban J connectivity index is 0.000000426. The first-order valence-electron chi connectivity index (χ1n) is 6.68. The maximum Gasteiger partial charge on any atom is 0.337 e. The quantitative estimate of drug-likeness (QED) is 0.185. The number of aromatic amines is 1. The van der Waals surface area contributed by atoms with Crippen molar-refractivity contribution >= 4 is 52.1 Å². The van der Waals surface area contributed by atoms with Crippen LogP contribution in [0.25, 0.3) is 10.9 Å². The molecule has 0 amide bonds.